The molecule has 0 saturated carbocycles. The van der Waals surface area contributed by atoms with Gasteiger partial charge in [0.1, 0.15) is 12.2 Å². The number of nitrogens with one attached hydrogen (secondary N) is 1. The second-order valence-electron chi connectivity index (χ2n) is 20.0. The molecule has 1 amide bonds. The van der Waals surface area contributed by atoms with Crippen molar-refractivity contribution < 1.29 is 25.2 Å². The van der Waals surface area contributed by atoms with E-state index in [0.717, 1.165) is 51.4 Å². The zero-order valence-corrected chi connectivity index (χ0v) is 43.5. The number of amides is 1. The molecule has 6 nitrogen and oxygen atoms in total. The van der Waals surface area contributed by atoms with Gasteiger partial charge in [-0.1, -0.05) is 262 Å². The third-order valence-electron chi connectivity index (χ3n) is 13.6. The Balaban J connectivity index is 3.67. The summed E-state index contributed by atoms with van der Waals surface area (Å²) >= 11 is 0. The summed E-state index contributed by atoms with van der Waals surface area (Å²) in [5, 5.41) is 43.9. The smallest absolute Gasteiger partial charge is 0.249 e. The molecule has 0 aliphatic carbocycles. The fourth-order valence-electron chi connectivity index (χ4n) is 9.01. The zero-order chi connectivity index (χ0) is 47.4. The maximum atomic E-state index is 12.6. The van der Waals surface area contributed by atoms with E-state index in [1.807, 2.05) is 0 Å². The largest absolute Gasteiger partial charge is 0.394 e. The summed E-state index contributed by atoms with van der Waals surface area (Å²) in [5.41, 5.74) is 0. The third kappa shape index (κ3) is 47.4. The van der Waals surface area contributed by atoms with Gasteiger partial charge < -0.3 is 25.7 Å². The Labute approximate surface area is 405 Å². The molecule has 0 aromatic rings. The summed E-state index contributed by atoms with van der Waals surface area (Å²) in [6.45, 7) is 4.07. The molecule has 0 bridgehead atoms. The molecule has 0 fully saturated rings. The first-order valence-corrected chi connectivity index (χ1v) is 28.9. The fourth-order valence-corrected chi connectivity index (χ4v) is 9.01. The van der Waals surface area contributed by atoms with Crippen LogP contribution in [0, 0.1) is 0 Å². The quantitative estimate of drug-likeness (QED) is 0.0308. The summed E-state index contributed by atoms with van der Waals surface area (Å²) in [5.74, 6) is -0.600. The van der Waals surface area contributed by atoms with Gasteiger partial charge >= 0.3 is 0 Å². The van der Waals surface area contributed by atoms with Crippen molar-refractivity contribution in [2.75, 3.05) is 6.61 Å². The Morgan fingerprint density at radius 1 is 0.369 bits per heavy atom. The predicted octanol–water partition coefficient (Wildman–Crippen LogP) is 16.8. The van der Waals surface area contributed by atoms with Gasteiger partial charge in [0, 0.05) is 0 Å². The Morgan fingerprint density at radius 2 is 0.646 bits per heavy atom. The molecular formula is C59H113NO5. The summed E-state index contributed by atoms with van der Waals surface area (Å²) in [7, 11) is 0. The van der Waals surface area contributed by atoms with Gasteiger partial charge in [0.05, 0.1) is 18.8 Å². The highest BCUT2D eigenvalue weighted by Crippen LogP contribution is 2.17. The molecule has 0 radical (unpaired) electrons. The van der Waals surface area contributed by atoms with Gasteiger partial charge in [0.25, 0.3) is 0 Å². The van der Waals surface area contributed by atoms with E-state index in [9.17, 15) is 25.2 Å². The van der Waals surface area contributed by atoms with Gasteiger partial charge in [0.2, 0.25) is 5.91 Å². The molecule has 0 rings (SSSR count). The van der Waals surface area contributed by atoms with Crippen LogP contribution in [0.1, 0.15) is 303 Å². The first kappa shape index (κ1) is 63.5. The van der Waals surface area contributed by atoms with Crippen molar-refractivity contribution in [2.24, 2.45) is 0 Å². The van der Waals surface area contributed by atoms with Crippen LogP contribution in [0.5, 0.6) is 0 Å². The van der Waals surface area contributed by atoms with E-state index >= 15 is 0 Å². The standard InChI is InChI=1S/C59H113NO5/c1-3-5-7-9-11-13-15-17-19-21-23-24-25-26-27-28-29-30-31-32-33-35-36-38-40-42-44-46-48-50-52-56(62)58(64)55(54-61)60-59(65)57(63)53-51-49-47-45-43-41-39-37-34-22-20-18-16-14-12-10-8-6-4-2/h34,36-38,44,46,55-58,61-64H,3-33,35,39-43,45,47-54H2,1-2H3,(H,60,65)/b37-34-,38-36+,46-44+. The average molecular weight is 917 g/mol. The minimum Gasteiger partial charge on any atom is -0.394 e. The highest BCUT2D eigenvalue weighted by Gasteiger charge is 2.28. The second-order valence-corrected chi connectivity index (χ2v) is 20.0. The Hall–Kier alpha value is -1.47. The Morgan fingerprint density at radius 3 is 0.969 bits per heavy atom. The van der Waals surface area contributed by atoms with Crippen molar-refractivity contribution in [3.05, 3.63) is 36.5 Å². The van der Waals surface area contributed by atoms with Gasteiger partial charge in [-0.25, -0.2) is 0 Å². The lowest BCUT2D eigenvalue weighted by molar-refractivity contribution is -0.132. The summed E-state index contributed by atoms with van der Waals surface area (Å²) in [6, 6.07) is -1.01. The van der Waals surface area contributed by atoms with Crippen molar-refractivity contribution >= 4 is 5.91 Å². The van der Waals surface area contributed by atoms with Crippen molar-refractivity contribution in [3.8, 4) is 0 Å². The predicted molar refractivity (Wildman–Crippen MR) is 284 cm³/mol. The van der Waals surface area contributed by atoms with Crippen molar-refractivity contribution in [1.29, 1.82) is 0 Å². The van der Waals surface area contributed by atoms with Crippen LogP contribution in [-0.2, 0) is 4.79 Å². The van der Waals surface area contributed by atoms with Crippen LogP contribution in [-0.4, -0.2) is 57.3 Å². The van der Waals surface area contributed by atoms with Crippen LogP contribution in [0.15, 0.2) is 36.5 Å². The molecule has 5 N–H and O–H groups in total. The van der Waals surface area contributed by atoms with E-state index in [0.29, 0.717) is 19.3 Å². The van der Waals surface area contributed by atoms with E-state index in [2.05, 4.69) is 55.6 Å². The number of aliphatic hydroxyl groups is 4. The summed E-state index contributed by atoms with van der Waals surface area (Å²) in [4.78, 5) is 12.6. The number of hydrogen-bond acceptors (Lipinski definition) is 5. The molecule has 0 heterocycles. The van der Waals surface area contributed by atoms with Gasteiger partial charge in [-0.15, -0.1) is 0 Å². The van der Waals surface area contributed by atoms with Gasteiger partial charge in [-0.3, -0.25) is 4.79 Å². The Bertz CT molecular complexity index is 1030. The molecule has 6 heteroatoms. The molecule has 384 valence electrons. The number of carbonyl (C=O) groups excluding carboxylic acids is 1. The fraction of sp³-hybridized carbons (Fsp3) is 0.881. The molecule has 0 saturated heterocycles. The van der Waals surface area contributed by atoms with Crippen molar-refractivity contribution in [1.82, 2.24) is 5.32 Å². The van der Waals surface area contributed by atoms with E-state index < -0.39 is 36.9 Å². The normalized spacial score (nSPS) is 14.0. The molecule has 0 aliphatic rings. The van der Waals surface area contributed by atoms with Crippen molar-refractivity contribution in [3.63, 3.8) is 0 Å². The highest BCUT2D eigenvalue weighted by atomic mass is 16.3. The molecular weight excluding hydrogens is 803 g/mol. The number of unbranched alkanes of at least 4 members (excludes halogenated alkanes) is 38. The van der Waals surface area contributed by atoms with Crippen LogP contribution >= 0.6 is 0 Å². The maximum absolute atomic E-state index is 12.6. The van der Waals surface area contributed by atoms with E-state index in [4.69, 9.17) is 0 Å². The minimum absolute atomic E-state index is 0.353. The summed E-state index contributed by atoms with van der Waals surface area (Å²) in [6.07, 6.45) is 66.5. The van der Waals surface area contributed by atoms with Crippen LogP contribution in [0.25, 0.3) is 0 Å². The molecule has 4 atom stereocenters. The summed E-state index contributed by atoms with van der Waals surface area (Å²) < 4.78 is 0. The van der Waals surface area contributed by atoms with Crippen LogP contribution in [0.4, 0.5) is 0 Å². The van der Waals surface area contributed by atoms with E-state index in [1.54, 1.807) is 0 Å². The monoisotopic (exact) mass is 916 g/mol. The molecule has 0 aromatic heterocycles. The van der Waals surface area contributed by atoms with Crippen LogP contribution in [0.2, 0.25) is 0 Å². The minimum atomic E-state index is -1.29. The SMILES string of the molecule is CCCCCCCCCCC/C=C\CCCCCCCCC(O)C(=O)NC(CO)C(O)C(O)CCC/C=C/CC/C=C/CCCCCCCCCCCCCCCCCCCCCCC. The van der Waals surface area contributed by atoms with Gasteiger partial charge in [0.15, 0.2) is 0 Å². The topological polar surface area (TPSA) is 110 Å². The number of carbonyl (C=O) groups is 1. The number of hydrogen-bond donors (Lipinski definition) is 5. The lowest BCUT2D eigenvalue weighted by atomic mass is 10.00. The lowest BCUT2D eigenvalue weighted by Crippen LogP contribution is -2.53. The Kier molecular flexibility index (Phi) is 52.3. The number of aliphatic hydroxyl groups excluding tert-OH is 4. The molecule has 4 unspecified atom stereocenters. The molecule has 0 aromatic carbocycles. The molecule has 0 aliphatic heterocycles. The maximum Gasteiger partial charge on any atom is 0.249 e. The second kappa shape index (κ2) is 53.5. The van der Waals surface area contributed by atoms with Gasteiger partial charge in [-0.2, -0.15) is 0 Å². The van der Waals surface area contributed by atoms with Gasteiger partial charge in [-0.05, 0) is 77.0 Å². The first-order chi connectivity index (χ1) is 32.0. The number of rotatable bonds is 53. The van der Waals surface area contributed by atoms with Crippen LogP contribution < -0.4 is 5.32 Å². The van der Waals surface area contributed by atoms with Crippen molar-refractivity contribution in [2.45, 2.75) is 327 Å². The highest BCUT2D eigenvalue weighted by molar-refractivity contribution is 5.80. The molecule has 65 heavy (non-hydrogen) atoms. The van der Waals surface area contributed by atoms with E-state index in [-0.39, 0.29) is 0 Å². The first-order valence-electron chi connectivity index (χ1n) is 28.9. The van der Waals surface area contributed by atoms with E-state index in [1.165, 1.54) is 218 Å². The zero-order valence-electron chi connectivity index (χ0n) is 43.5. The average Bonchev–Trinajstić information content (AvgIpc) is 3.31. The molecule has 0 spiro atoms. The van der Waals surface area contributed by atoms with Crippen LogP contribution in [0.3, 0.4) is 0 Å². The number of allylic oxidation sites excluding steroid dienone is 6. The third-order valence-corrected chi connectivity index (χ3v) is 13.6. The lowest BCUT2D eigenvalue weighted by Gasteiger charge is -2.27.